The maximum absolute atomic E-state index is 12.9. The second-order valence-electron chi connectivity index (χ2n) is 6.73. The number of aryl methyl sites for hydroxylation is 1. The number of hydrogen-bond acceptors (Lipinski definition) is 5. The molecule has 1 saturated heterocycles. The Kier molecular flexibility index (Phi) is 6.17. The number of carbonyl (C=O) groups is 2. The molecular weight excluding hydrogens is 398 g/mol. The van der Waals surface area contributed by atoms with Crippen LogP contribution >= 0.6 is 11.3 Å². The Hall–Kier alpha value is -2.23. The lowest BCUT2D eigenvalue weighted by Gasteiger charge is -2.22. The molecule has 1 fully saturated rings. The molecule has 1 atom stereocenters. The minimum atomic E-state index is -3.66. The van der Waals surface area contributed by atoms with Gasteiger partial charge in [-0.2, -0.15) is 4.31 Å². The average molecular weight is 422 g/mol. The van der Waals surface area contributed by atoms with Gasteiger partial charge in [0, 0.05) is 30.6 Å². The van der Waals surface area contributed by atoms with Crippen molar-refractivity contribution in [2.45, 2.75) is 43.5 Å². The van der Waals surface area contributed by atoms with E-state index in [2.05, 4.69) is 10.6 Å². The molecule has 2 amide bonds. The van der Waals surface area contributed by atoms with Crippen LogP contribution in [0.15, 0.2) is 40.6 Å². The highest BCUT2D eigenvalue weighted by molar-refractivity contribution is 7.91. The molecular formula is C19H23N3O4S2. The molecule has 0 bridgehead atoms. The lowest BCUT2D eigenvalue weighted by Crippen LogP contribution is -2.45. The zero-order valence-corrected chi connectivity index (χ0v) is 17.4. The Morgan fingerprint density at radius 1 is 1.18 bits per heavy atom. The third-order valence-corrected chi connectivity index (χ3v) is 7.90. The number of nitrogens with zero attached hydrogens (tertiary/aromatic N) is 1. The second kappa shape index (κ2) is 8.42. The number of nitrogens with one attached hydrogen (secondary N) is 2. The van der Waals surface area contributed by atoms with E-state index in [9.17, 15) is 18.0 Å². The number of anilines is 1. The van der Waals surface area contributed by atoms with Crippen LogP contribution in [0.1, 0.15) is 30.2 Å². The highest BCUT2D eigenvalue weighted by Crippen LogP contribution is 2.30. The van der Waals surface area contributed by atoms with Crippen molar-refractivity contribution in [2.75, 3.05) is 11.9 Å². The summed E-state index contributed by atoms with van der Waals surface area (Å²) in [6.45, 7) is 3.94. The number of rotatable bonds is 6. The van der Waals surface area contributed by atoms with Gasteiger partial charge in [0.1, 0.15) is 10.3 Å². The fraction of sp³-hybridized carbons (Fsp3) is 0.368. The number of hydrogen-bond donors (Lipinski definition) is 2. The SMILES string of the molecule is CC(=O)Nc1ccc(CNC(=O)C2CCCN2S(=O)(=O)c2ccc(C)s2)cc1. The average Bonchev–Trinajstić information content (AvgIpc) is 3.30. The quantitative estimate of drug-likeness (QED) is 0.749. The zero-order valence-electron chi connectivity index (χ0n) is 15.8. The number of carbonyl (C=O) groups excluding carboxylic acids is 2. The second-order valence-corrected chi connectivity index (χ2v) is 10.1. The monoisotopic (exact) mass is 421 g/mol. The van der Waals surface area contributed by atoms with Crippen molar-refractivity contribution in [3.8, 4) is 0 Å². The van der Waals surface area contributed by atoms with Crippen molar-refractivity contribution in [3.63, 3.8) is 0 Å². The Morgan fingerprint density at radius 3 is 2.50 bits per heavy atom. The van der Waals surface area contributed by atoms with Crippen LogP contribution in [0.4, 0.5) is 5.69 Å². The molecule has 2 heterocycles. The van der Waals surface area contributed by atoms with Crippen LogP contribution < -0.4 is 10.6 Å². The highest BCUT2D eigenvalue weighted by atomic mass is 32.2. The smallest absolute Gasteiger partial charge is 0.253 e. The van der Waals surface area contributed by atoms with E-state index in [1.807, 2.05) is 19.1 Å². The molecule has 3 rings (SSSR count). The highest BCUT2D eigenvalue weighted by Gasteiger charge is 2.39. The van der Waals surface area contributed by atoms with E-state index in [1.54, 1.807) is 24.3 Å². The molecule has 0 aliphatic carbocycles. The maximum atomic E-state index is 12.9. The van der Waals surface area contributed by atoms with Gasteiger partial charge in [0.25, 0.3) is 10.0 Å². The number of thiophene rings is 1. The fourth-order valence-electron chi connectivity index (χ4n) is 3.17. The van der Waals surface area contributed by atoms with Gasteiger partial charge in [0.05, 0.1) is 0 Å². The van der Waals surface area contributed by atoms with Gasteiger partial charge in [0.15, 0.2) is 0 Å². The first-order valence-corrected chi connectivity index (χ1v) is 11.3. The zero-order chi connectivity index (χ0) is 20.3. The molecule has 2 aromatic rings. The Morgan fingerprint density at radius 2 is 1.89 bits per heavy atom. The molecule has 1 aromatic heterocycles. The van der Waals surface area contributed by atoms with E-state index >= 15 is 0 Å². The lowest BCUT2D eigenvalue weighted by atomic mass is 10.2. The lowest BCUT2D eigenvalue weighted by molar-refractivity contribution is -0.124. The minimum absolute atomic E-state index is 0.149. The minimum Gasteiger partial charge on any atom is -0.351 e. The third kappa shape index (κ3) is 4.60. The van der Waals surface area contributed by atoms with Crippen molar-refractivity contribution in [2.24, 2.45) is 0 Å². The van der Waals surface area contributed by atoms with Gasteiger partial charge in [-0.1, -0.05) is 12.1 Å². The predicted molar refractivity (Wildman–Crippen MR) is 109 cm³/mol. The number of benzene rings is 1. The summed E-state index contributed by atoms with van der Waals surface area (Å²) in [7, 11) is -3.66. The van der Waals surface area contributed by atoms with Gasteiger partial charge in [-0.25, -0.2) is 8.42 Å². The number of amides is 2. The molecule has 0 saturated carbocycles. The molecule has 1 unspecified atom stereocenters. The van der Waals surface area contributed by atoms with Crippen molar-refractivity contribution >= 4 is 38.9 Å². The van der Waals surface area contributed by atoms with E-state index in [0.717, 1.165) is 10.4 Å². The summed E-state index contributed by atoms with van der Waals surface area (Å²) in [5, 5.41) is 5.51. The van der Waals surface area contributed by atoms with Crippen LogP contribution in [0.2, 0.25) is 0 Å². The summed E-state index contributed by atoms with van der Waals surface area (Å²) in [5.41, 5.74) is 1.55. The third-order valence-electron chi connectivity index (χ3n) is 4.53. The van der Waals surface area contributed by atoms with Crippen LogP contribution in [-0.2, 0) is 26.2 Å². The van der Waals surface area contributed by atoms with Gasteiger partial charge >= 0.3 is 0 Å². The molecule has 1 aromatic carbocycles. The van der Waals surface area contributed by atoms with Gasteiger partial charge in [0.2, 0.25) is 11.8 Å². The topological polar surface area (TPSA) is 95.6 Å². The molecule has 150 valence electrons. The first-order chi connectivity index (χ1) is 13.3. The van der Waals surface area contributed by atoms with E-state index in [1.165, 1.54) is 22.6 Å². The van der Waals surface area contributed by atoms with Gasteiger partial charge in [-0.15, -0.1) is 11.3 Å². The van der Waals surface area contributed by atoms with Crippen LogP contribution in [-0.4, -0.2) is 37.1 Å². The fourth-order valence-corrected chi connectivity index (χ4v) is 6.24. The summed E-state index contributed by atoms with van der Waals surface area (Å²) in [5.74, 6) is -0.440. The van der Waals surface area contributed by atoms with Crippen LogP contribution in [0.25, 0.3) is 0 Å². The summed E-state index contributed by atoms with van der Waals surface area (Å²) in [4.78, 5) is 24.6. The first-order valence-electron chi connectivity index (χ1n) is 9.00. The molecule has 0 spiro atoms. The Bertz CT molecular complexity index is 967. The number of sulfonamides is 1. The molecule has 28 heavy (non-hydrogen) atoms. The normalized spacial score (nSPS) is 17.4. The molecule has 1 aliphatic heterocycles. The predicted octanol–water partition coefficient (Wildman–Crippen LogP) is 2.48. The van der Waals surface area contributed by atoms with E-state index < -0.39 is 16.1 Å². The summed E-state index contributed by atoms with van der Waals surface area (Å²) >= 11 is 1.22. The van der Waals surface area contributed by atoms with E-state index in [4.69, 9.17) is 0 Å². The molecule has 9 heteroatoms. The van der Waals surface area contributed by atoms with Crippen LogP contribution in [0.3, 0.4) is 0 Å². The summed E-state index contributed by atoms with van der Waals surface area (Å²) in [6, 6.07) is 9.81. The first kappa shape index (κ1) is 20.5. The van der Waals surface area contributed by atoms with Crippen LogP contribution in [0.5, 0.6) is 0 Å². The van der Waals surface area contributed by atoms with Crippen molar-refractivity contribution in [3.05, 3.63) is 46.8 Å². The Labute approximate surface area is 168 Å². The molecule has 0 radical (unpaired) electrons. The van der Waals surface area contributed by atoms with Gasteiger partial charge in [-0.3, -0.25) is 9.59 Å². The molecule has 7 nitrogen and oxygen atoms in total. The summed E-state index contributed by atoms with van der Waals surface area (Å²) in [6.07, 6.45) is 1.17. The van der Waals surface area contributed by atoms with E-state index in [-0.39, 0.29) is 16.0 Å². The van der Waals surface area contributed by atoms with Crippen molar-refractivity contribution in [1.29, 1.82) is 0 Å². The molecule has 1 aliphatic rings. The largest absolute Gasteiger partial charge is 0.351 e. The Balaban J connectivity index is 1.64. The van der Waals surface area contributed by atoms with Gasteiger partial charge in [-0.05, 0) is 49.6 Å². The van der Waals surface area contributed by atoms with E-state index in [0.29, 0.717) is 31.6 Å². The van der Waals surface area contributed by atoms with Crippen LogP contribution in [0, 0.1) is 6.92 Å². The van der Waals surface area contributed by atoms with Crippen molar-refractivity contribution in [1.82, 2.24) is 9.62 Å². The molecule has 2 N–H and O–H groups in total. The standard InChI is InChI=1S/C19H23N3O4S2/c1-13-5-10-18(27-13)28(25,26)22-11-3-4-17(22)19(24)20-12-15-6-8-16(9-7-15)21-14(2)23/h5-10,17H,3-4,11-12H2,1-2H3,(H,20,24)(H,21,23). The summed E-state index contributed by atoms with van der Waals surface area (Å²) < 4.78 is 27.4. The van der Waals surface area contributed by atoms with Gasteiger partial charge < -0.3 is 10.6 Å². The van der Waals surface area contributed by atoms with Crippen molar-refractivity contribution < 1.29 is 18.0 Å². The maximum Gasteiger partial charge on any atom is 0.253 e.